The van der Waals surface area contributed by atoms with Gasteiger partial charge in [-0.3, -0.25) is 0 Å². The predicted octanol–water partition coefficient (Wildman–Crippen LogP) is 2.57. The van der Waals surface area contributed by atoms with E-state index in [4.69, 9.17) is 4.99 Å². The van der Waals surface area contributed by atoms with Crippen molar-refractivity contribution >= 4 is 5.96 Å². The number of hydrogen-bond donors (Lipinski definition) is 3. The Morgan fingerprint density at radius 1 is 1.18 bits per heavy atom. The highest BCUT2D eigenvalue weighted by molar-refractivity contribution is 5.79. The number of benzene rings is 1. The first kappa shape index (κ1) is 21.9. The molecule has 7 nitrogen and oxygen atoms in total. The minimum atomic E-state index is 0.0999. The molecular formula is C21H34N6O. The third-order valence-electron chi connectivity index (χ3n) is 5.34. The molecule has 0 fully saturated rings. The van der Waals surface area contributed by atoms with E-state index in [0.717, 1.165) is 43.9 Å². The van der Waals surface area contributed by atoms with E-state index in [1.54, 1.807) is 12.7 Å². The molecule has 0 saturated carbocycles. The second-order valence-corrected chi connectivity index (χ2v) is 7.14. The molecule has 1 aromatic heterocycles. The van der Waals surface area contributed by atoms with E-state index in [9.17, 15) is 5.11 Å². The summed E-state index contributed by atoms with van der Waals surface area (Å²) in [7, 11) is 0. The van der Waals surface area contributed by atoms with E-state index >= 15 is 0 Å². The van der Waals surface area contributed by atoms with Crippen LogP contribution in [-0.4, -0.2) is 45.5 Å². The van der Waals surface area contributed by atoms with Crippen LogP contribution in [0.5, 0.6) is 0 Å². The van der Waals surface area contributed by atoms with Gasteiger partial charge in [0.2, 0.25) is 0 Å². The fraction of sp³-hybridized carbons (Fsp3) is 0.571. The Morgan fingerprint density at radius 3 is 2.61 bits per heavy atom. The monoisotopic (exact) mass is 386 g/mol. The first-order valence-electron chi connectivity index (χ1n) is 10.2. The van der Waals surface area contributed by atoms with Gasteiger partial charge in [0.05, 0.1) is 13.1 Å². The topological polar surface area (TPSA) is 87.4 Å². The lowest BCUT2D eigenvalue weighted by Gasteiger charge is -2.32. The van der Waals surface area contributed by atoms with Crippen LogP contribution in [0.2, 0.25) is 0 Å². The molecule has 2 aromatic rings. The van der Waals surface area contributed by atoms with Crippen molar-refractivity contribution in [2.45, 2.75) is 53.1 Å². The third kappa shape index (κ3) is 6.64. The van der Waals surface area contributed by atoms with Gasteiger partial charge in [-0.1, -0.05) is 38.1 Å². The number of nitrogens with one attached hydrogen (secondary N) is 2. The zero-order valence-electron chi connectivity index (χ0n) is 17.4. The molecule has 0 atom stereocenters. The quantitative estimate of drug-likeness (QED) is 0.408. The summed E-state index contributed by atoms with van der Waals surface area (Å²) in [5.41, 5.74) is 2.43. The number of aliphatic hydroxyl groups excluding tert-OH is 1. The van der Waals surface area contributed by atoms with Crippen molar-refractivity contribution in [3.63, 3.8) is 0 Å². The summed E-state index contributed by atoms with van der Waals surface area (Å²) in [6.07, 6.45) is 6.13. The lowest BCUT2D eigenvalue weighted by Crippen LogP contribution is -2.43. The van der Waals surface area contributed by atoms with Gasteiger partial charge in [-0.15, -0.1) is 0 Å². The summed E-state index contributed by atoms with van der Waals surface area (Å²) in [6.45, 7) is 9.57. The Labute approximate surface area is 168 Å². The summed E-state index contributed by atoms with van der Waals surface area (Å²) < 4.78 is 1.81. The number of aromatic nitrogens is 3. The van der Waals surface area contributed by atoms with E-state index in [0.29, 0.717) is 13.1 Å². The molecular weight excluding hydrogens is 352 g/mol. The number of hydrogen-bond acceptors (Lipinski definition) is 4. The fourth-order valence-electron chi connectivity index (χ4n) is 3.29. The summed E-state index contributed by atoms with van der Waals surface area (Å²) in [4.78, 5) is 8.74. The van der Waals surface area contributed by atoms with Crippen molar-refractivity contribution in [3.05, 3.63) is 48.0 Å². The van der Waals surface area contributed by atoms with Crippen molar-refractivity contribution in [2.24, 2.45) is 10.4 Å². The van der Waals surface area contributed by atoms with E-state index in [1.807, 2.05) is 4.68 Å². The van der Waals surface area contributed by atoms with Crippen molar-refractivity contribution in [2.75, 3.05) is 19.7 Å². The molecule has 0 spiro atoms. The lowest BCUT2D eigenvalue weighted by atomic mass is 9.79. The Kier molecular flexibility index (Phi) is 8.94. The standard InChI is InChI=1S/C21H34N6O/c1-4-21(5-2,10-11-28)15-25-20(23-6-3)24-13-18-8-7-9-19(12-18)14-27-17-22-16-26-27/h7-9,12,16-17,28H,4-6,10-11,13-15H2,1-3H3,(H2,23,24,25). The minimum absolute atomic E-state index is 0.0999. The second-order valence-electron chi connectivity index (χ2n) is 7.14. The van der Waals surface area contributed by atoms with Crippen LogP contribution in [0.25, 0.3) is 0 Å². The van der Waals surface area contributed by atoms with Crippen molar-refractivity contribution in [1.29, 1.82) is 0 Å². The Morgan fingerprint density at radius 2 is 1.96 bits per heavy atom. The van der Waals surface area contributed by atoms with Gasteiger partial charge in [-0.05, 0) is 42.7 Å². The molecule has 1 heterocycles. The highest BCUT2D eigenvalue weighted by Crippen LogP contribution is 2.29. The van der Waals surface area contributed by atoms with Gasteiger partial charge in [-0.25, -0.2) is 14.7 Å². The summed E-state index contributed by atoms with van der Waals surface area (Å²) >= 11 is 0. The maximum atomic E-state index is 9.42. The van der Waals surface area contributed by atoms with Crippen LogP contribution in [0.15, 0.2) is 41.9 Å². The van der Waals surface area contributed by atoms with Crippen LogP contribution in [0, 0.1) is 5.41 Å². The average molecular weight is 387 g/mol. The largest absolute Gasteiger partial charge is 0.396 e. The number of aliphatic hydroxyl groups is 1. The average Bonchev–Trinajstić information content (AvgIpc) is 3.22. The summed E-state index contributed by atoms with van der Waals surface area (Å²) in [5, 5.41) is 20.4. The zero-order valence-corrected chi connectivity index (χ0v) is 17.4. The number of nitrogens with zero attached hydrogens (tertiary/aromatic N) is 4. The maximum absolute atomic E-state index is 9.42. The Bertz CT molecular complexity index is 709. The summed E-state index contributed by atoms with van der Waals surface area (Å²) in [5.74, 6) is 0.813. The van der Waals surface area contributed by atoms with Gasteiger partial charge in [-0.2, -0.15) is 5.10 Å². The van der Waals surface area contributed by atoms with E-state index in [2.05, 4.69) is 65.8 Å². The SMILES string of the molecule is CCNC(=NCc1cccc(Cn2cncn2)c1)NCC(CC)(CC)CCO. The van der Waals surface area contributed by atoms with Crippen LogP contribution >= 0.6 is 0 Å². The number of rotatable bonds is 11. The predicted molar refractivity (Wildman–Crippen MR) is 113 cm³/mol. The van der Waals surface area contributed by atoms with E-state index < -0.39 is 0 Å². The highest BCUT2D eigenvalue weighted by Gasteiger charge is 2.25. The highest BCUT2D eigenvalue weighted by atomic mass is 16.3. The Balaban J connectivity index is 2.01. The molecule has 3 N–H and O–H groups in total. The van der Waals surface area contributed by atoms with Gasteiger partial charge in [0.15, 0.2) is 5.96 Å². The van der Waals surface area contributed by atoms with Crippen LogP contribution in [0.4, 0.5) is 0 Å². The summed E-state index contributed by atoms with van der Waals surface area (Å²) in [6, 6.07) is 8.39. The third-order valence-corrected chi connectivity index (χ3v) is 5.34. The molecule has 2 rings (SSSR count). The zero-order chi connectivity index (χ0) is 20.2. The van der Waals surface area contributed by atoms with Crippen LogP contribution in [0.3, 0.4) is 0 Å². The van der Waals surface area contributed by atoms with Crippen LogP contribution in [0.1, 0.15) is 51.2 Å². The molecule has 0 aliphatic heterocycles. The van der Waals surface area contributed by atoms with Gasteiger partial charge in [0.1, 0.15) is 12.7 Å². The molecule has 0 saturated heterocycles. The lowest BCUT2D eigenvalue weighted by molar-refractivity contribution is 0.169. The van der Waals surface area contributed by atoms with Crippen LogP contribution in [-0.2, 0) is 13.1 Å². The van der Waals surface area contributed by atoms with Crippen molar-refractivity contribution < 1.29 is 5.11 Å². The molecule has 0 amide bonds. The van der Waals surface area contributed by atoms with Crippen LogP contribution < -0.4 is 10.6 Å². The molecule has 0 unspecified atom stereocenters. The molecule has 28 heavy (non-hydrogen) atoms. The first-order chi connectivity index (χ1) is 13.6. The van der Waals surface area contributed by atoms with E-state index in [1.165, 1.54) is 5.56 Å². The fourth-order valence-corrected chi connectivity index (χ4v) is 3.29. The second kappa shape index (κ2) is 11.4. The molecule has 7 heteroatoms. The van der Waals surface area contributed by atoms with Gasteiger partial charge < -0.3 is 15.7 Å². The Hall–Kier alpha value is -2.41. The molecule has 0 aliphatic carbocycles. The molecule has 0 radical (unpaired) electrons. The van der Waals surface area contributed by atoms with Gasteiger partial charge in [0, 0.05) is 19.7 Å². The normalized spacial score (nSPS) is 12.2. The molecule has 154 valence electrons. The van der Waals surface area contributed by atoms with Gasteiger partial charge >= 0.3 is 0 Å². The number of guanidine groups is 1. The molecule has 0 bridgehead atoms. The van der Waals surface area contributed by atoms with Crippen molar-refractivity contribution in [3.8, 4) is 0 Å². The number of aliphatic imine (C=N–C) groups is 1. The smallest absolute Gasteiger partial charge is 0.191 e. The minimum Gasteiger partial charge on any atom is -0.396 e. The molecule has 0 aliphatic rings. The molecule has 1 aromatic carbocycles. The maximum Gasteiger partial charge on any atom is 0.191 e. The first-order valence-corrected chi connectivity index (χ1v) is 10.2. The van der Waals surface area contributed by atoms with E-state index in [-0.39, 0.29) is 12.0 Å². The van der Waals surface area contributed by atoms with Gasteiger partial charge in [0.25, 0.3) is 0 Å². The van der Waals surface area contributed by atoms with Crippen molar-refractivity contribution in [1.82, 2.24) is 25.4 Å².